The Morgan fingerprint density at radius 2 is 2.19 bits per heavy atom. The van der Waals surface area contributed by atoms with Crippen molar-refractivity contribution in [3.05, 3.63) is 35.4 Å². The molecule has 1 atom stereocenters. The largest absolute Gasteiger partial charge is 0.464 e. The molecule has 88 valence electrons. The van der Waals surface area contributed by atoms with Crippen molar-refractivity contribution in [3.8, 4) is 0 Å². The molecule has 5 heteroatoms. The van der Waals surface area contributed by atoms with Crippen LogP contribution in [-0.2, 0) is 16.0 Å². The van der Waals surface area contributed by atoms with Crippen molar-refractivity contribution in [1.29, 1.82) is 0 Å². The summed E-state index contributed by atoms with van der Waals surface area (Å²) >= 11 is 0. The number of hydrogen-bond acceptors (Lipinski definition) is 3. The Kier molecular flexibility index (Phi) is 4.37. The topological polar surface area (TPSA) is 46.5 Å². The molecule has 1 N–H and O–H groups in total. The van der Waals surface area contributed by atoms with Gasteiger partial charge in [-0.05, 0) is 30.7 Å². The lowest BCUT2D eigenvalue weighted by molar-refractivity contribution is -0.152. The van der Waals surface area contributed by atoms with Gasteiger partial charge in [0.2, 0.25) is 0 Å². The number of esters is 1. The van der Waals surface area contributed by atoms with Crippen molar-refractivity contribution in [2.24, 2.45) is 0 Å². The van der Waals surface area contributed by atoms with E-state index in [0.717, 1.165) is 18.2 Å². The fourth-order valence-electron chi connectivity index (χ4n) is 1.23. The lowest BCUT2D eigenvalue weighted by atomic mass is 10.1. The van der Waals surface area contributed by atoms with Crippen LogP contribution in [0.4, 0.5) is 8.78 Å². The van der Waals surface area contributed by atoms with Gasteiger partial charge in [0.25, 0.3) is 0 Å². The molecule has 1 rings (SSSR count). The summed E-state index contributed by atoms with van der Waals surface area (Å²) in [4.78, 5) is 11.1. The van der Waals surface area contributed by atoms with Crippen LogP contribution in [0.1, 0.15) is 12.5 Å². The van der Waals surface area contributed by atoms with E-state index in [0.29, 0.717) is 0 Å². The molecule has 0 spiro atoms. The van der Waals surface area contributed by atoms with E-state index < -0.39 is 23.7 Å². The fraction of sp³-hybridized carbons (Fsp3) is 0.364. The van der Waals surface area contributed by atoms with E-state index in [1.54, 1.807) is 6.92 Å². The van der Waals surface area contributed by atoms with Crippen LogP contribution in [-0.4, -0.2) is 23.8 Å². The summed E-state index contributed by atoms with van der Waals surface area (Å²) in [5.41, 5.74) is -0.0550. The molecule has 1 aromatic rings. The Morgan fingerprint density at radius 3 is 2.81 bits per heavy atom. The van der Waals surface area contributed by atoms with Gasteiger partial charge >= 0.3 is 5.97 Å². The number of ether oxygens (including phenoxy) is 1. The van der Waals surface area contributed by atoms with Crippen LogP contribution in [0.3, 0.4) is 0 Å². The van der Waals surface area contributed by atoms with Crippen LogP contribution in [0.5, 0.6) is 0 Å². The van der Waals surface area contributed by atoms with E-state index in [1.807, 2.05) is 0 Å². The lowest BCUT2D eigenvalue weighted by Gasteiger charge is -2.10. The molecular formula is C11H12F2O3. The number of carbonyl (C=O) groups is 1. The van der Waals surface area contributed by atoms with Crippen molar-refractivity contribution < 1.29 is 23.4 Å². The van der Waals surface area contributed by atoms with E-state index in [1.165, 1.54) is 0 Å². The number of aliphatic hydroxyl groups is 1. The smallest absolute Gasteiger partial charge is 0.335 e. The van der Waals surface area contributed by atoms with Crippen LogP contribution < -0.4 is 0 Å². The van der Waals surface area contributed by atoms with Crippen LogP contribution in [0.2, 0.25) is 0 Å². The first kappa shape index (κ1) is 12.6. The minimum absolute atomic E-state index is 0.0550. The SMILES string of the molecule is CCOC(=O)C(O)Cc1cc(F)ccc1F. The highest BCUT2D eigenvalue weighted by molar-refractivity contribution is 5.74. The van der Waals surface area contributed by atoms with Gasteiger partial charge in [0, 0.05) is 6.42 Å². The van der Waals surface area contributed by atoms with E-state index in [-0.39, 0.29) is 18.6 Å². The molecule has 1 aromatic carbocycles. The highest BCUT2D eigenvalue weighted by Gasteiger charge is 2.18. The molecule has 0 aliphatic rings. The zero-order chi connectivity index (χ0) is 12.1. The zero-order valence-electron chi connectivity index (χ0n) is 8.74. The molecule has 0 saturated heterocycles. The van der Waals surface area contributed by atoms with Gasteiger partial charge in [0.1, 0.15) is 11.6 Å². The van der Waals surface area contributed by atoms with E-state index in [4.69, 9.17) is 0 Å². The van der Waals surface area contributed by atoms with Gasteiger partial charge in [0.15, 0.2) is 6.10 Å². The molecular weight excluding hydrogens is 218 g/mol. The Bertz CT molecular complexity index is 379. The van der Waals surface area contributed by atoms with Crippen molar-refractivity contribution in [3.63, 3.8) is 0 Å². The molecule has 0 radical (unpaired) electrons. The molecule has 3 nitrogen and oxygen atoms in total. The van der Waals surface area contributed by atoms with E-state index in [2.05, 4.69) is 4.74 Å². The lowest BCUT2D eigenvalue weighted by Crippen LogP contribution is -2.25. The second-order valence-corrected chi connectivity index (χ2v) is 3.21. The first-order valence-electron chi connectivity index (χ1n) is 4.83. The van der Waals surface area contributed by atoms with E-state index in [9.17, 15) is 18.7 Å². The van der Waals surface area contributed by atoms with E-state index >= 15 is 0 Å². The summed E-state index contributed by atoms with van der Waals surface area (Å²) in [6.45, 7) is 1.72. The molecule has 0 heterocycles. The number of hydrogen-bond donors (Lipinski definition) is 1. The molecule has 0 aliphatic carbocycles. The van der Waals surface area contributed by atoms with Gasteiger partial charge < -0.3 is 9.84 Å². The first-order chi connectivity index (χ1) is 7.54. The quantitative estimate of drug-likeness (QED) is 0.796. The summed E-state index contributed by atoms with van der Waals surface area (Å²) < 4.78 is 30.5. The molecule has 0 amide bonds. The second kappa shape index (κ2) is 5.55. The van der Waals surface area contributed by atoms with Gasteiger partial charge in [-0.25, -0.2) is 13.6 Å². The standard InChI is InChI=1S/C11H12F2O3/c1-2-16-11(15)10(14)6-7-5-8(12)3-4-9(7)13/h3-5,10,14H,2,6H2,1H3. The molecule has 0 aromatic heterocycles. The molecule has 0 fully saturated rings. The van der Waals surface area contributed by atoms with Crippen molar-refractivity contribution in [1.82, 2.24) is 0 Å². The first-order valence-corrected chi connectivity index (χ1v) is 4.83. The molecule has 0 saturated carbocycles. The highest BCUT2D eigenvalue weighted by atomic mass is 19.1. The number of benzene rings is 1. The Labute approximate surface area is 91.7 Å². The van der Waals surface area contributed by atoms with Gasteiger partial charge in [-0.15, -0.1) is 0 Å². The maximum Gasteiger partial charge on any atom is 0.335 e. The number of aliphatic hydroxyl groups excluding tert-OH is 1. The predicted octanol–water partition coefficient (Wildman–Crippen LogP) is 1.43. The highest BCUT2D eigenvalue weighted by Crippen LogP contribution is 2.12. The van der Waals surface area contributed by atoms with Gasteiger partial charge in [-0.1, -0.05) is 0 Å². The summed E-state index contributed by atoms with van der Waals surface area (Å²) in [6, 6.07) is 2.86. The Balaban J connectivity index is 2.72. The average molecular weight is 230 g/mol. The maximum atomic E-state index is 13.1. The minimum atomic E-state index is -1.48. The Morgan fingerprint density at radius 1 is 1.50 bits per heavy atom. The monoisotopic (exact) mass is 230 g/mol. The maximum absolute atomic E-state index is 13.1. The summed E-state index contributed by atoms with van der Waals surface area (Å²) in [5.74, 6) is -2.12. The summed E-state index contributed by atoms with van der Waals surface area (Å²) in [5, 5.41) is 9.35. The van der Waals surface area contributed by atoms with Gasteiger partial charge in [-0.3, -0.25) is 0 Å². The second-order valence-electron chi connectivity index (χ2n) is 3.21. The van der Waals surface area contributed by atoms with Crippen molar-refractivity contribution in [2.75, 3.05) is 6.61 Å². The fourth-order valence-corrected chi connectivity index (χ4v) is 1.23. The number of carbonyl (C=O) groups excluding carboxylic acids is 1. The number of rotatable bonds is 4. The molecule has 0 bridgehead atoms. The van der Waals surface area contributed by atoms with Gasteiger partial charge in [-0.2, -0.15) is 0 Å². The third-order valence-corrected chi connectivity index (χ3v) is 1.98. The van der Waals surface area contributed by atoms with Crippen molar-refractivity contribution in [2.45, 2.75) is 19.4 Å². The predicted molar refractivity (Wildman–Crippen MR) is 52.7 cm³/mol. The minimum Gasteiger partial charge on any atom is -0.464 e. The summed E-state index contributed by atoms with van der Waals surface area (Å²) in [6.07, 6.45) is -1.78. The normalized spacial score (nSPS) is 12.2. The van der Waals surface area contributed by atoms with Crippen LogP contribution >= 0.6 is 0 Å². The third kappa shape index (κ3) is 3.27. The average Bonchev–Trinajstić information content (AvgIpc) is 2.23. The van der Waals surface area contributed by atoms with Crippen molar-refractivity contribution >= 4 is 5.97 Å². The molecule has 16 heavy (non-hydrogen) atoms. The van der Waals surface area contributed by atoms with Gasteiger partial charge in [0.05, 0.1) is 6.61 Å². The van der Waals surface area contributed by atoms with Crippen LogP contribution in [0.15, 0.2) is 18.2 Å². The third-order valence-electron chi connectivity index (χ3n) is 1.98. The summed E-state index contributed by atoms with van der Waals surface area (Å²) in [7, 11) is 0. The zero-order valence-corrected chi connectivity index (χ0v) is 8.74. The number of halogens is 2. The molecule has 1 unspecified atom stereocenters. The Hall–Kier alpha value is -1.49. The van der Waals surface area contributed by atoms with Crippen LogP contribution in [0.25, 0.3) is 0 Å². The molecule has 0 aliphatic heterocycles. The van der Waals surface area contributed by atoms with Crippen LogP contribution in [0, 0.1) is 11.6 Å².